The molecule has 3 atom stereocenters. The first-order valence-electron chi connectivity index (χ1n) is 10.3. The highest BCUT2D eigenvalue weighted by Gasteiger charge is 2.40. The second-order valence-corrected chi connectivity index (χ2v) is 8.39. The van der Waals surface area contributed by atoms with Crippen LogP contribution in [-0.2, 0) is 14.4 Å². The third-order valence-electron chi connectivity index (χ3n) is 4.88. The zero-order chi connectivity index (χ0) is 22.8. The molecule has 0 saturated carbocycles. The number of anilines is 2. The number of nitriles is 1. The van der Waals surface area contributed by atoms with Crippen molar-refractivity contribution in [1.29, 1.82) is 5.26 Å². The van der Waals surface area contributed by atoms with Gasteiger partial charge >= 0.3 is 0 Å². The van der Waals surface area contributed by atoms with Crippen LogP contribution < -0.4 is 16.0 Å². The summed E-state index contributed by atoms with van der Waals surface area (Å²) in [7, 11) is 0. The van der Waals surface area contributed by atoms with E-state index in [4.69, 9.17) is 0 Å². The Kier molecular flexibility index (Phi) is 9.40. The number of carbonyl (C=O) groups is 3. The van der Waals surface area contributed by atoms with Crippen LogP contribution in [0.3, 0.4) is 0 Å². The lowest BCUT2D eigenvalue weighted by Gasteiger charge is -2.23. The lowest BCUT2D eigenvalue weighted by atomic mass is 10.1. The van der Waals surface area contributed by atoms with Gasteiger partial charge in [0.1, 0.15) is 5.92 Å². The molecular formula is C22H29N5O3S. The first-order chi connectivity index (χ1) is 14.9. The number of hydrogen-bond donors (Lipinski definition) is 3. The lowest BCUT2D eigenvalue weighted by molar-refractivity contribution is -0.131. The molecule has 0 bridgehead atoms. The zero-order valence-corrected chi connectivity index (χ0v) is 18.7. The molecule has 3 unspecified atom stereocenters. The van der Waals surface area contributed by atoms with E-state index in [1.165, 1.54) is 17.8 Å². The number of benzene rings is 1. The first kappa shape index (κ1) is 24.3. The molecule has 8 nitrogen and oxygen atoms in total. The molecule has 1 aromatic rings. The molecule has 1 aromatic carbocycles. The Morgan fingerprint density at radius 3 is 2.74 bits per heavy atom. The maximum atomic E-state index is 12.8. The topological polar surface area (TPSA) is 114 Å². The summed E-state index contributed by atoms with van der Waals surface area (Å²) in [5.41, 5.74) is 1.49. The molecule has 1 saturated heterocycles. The maximum absolute atomic E-state index is 12.8. The van der Waals surface area contributed by atoms with E-state index in [1.807, 2.05) is 32.0 Å². The molecule has 3 N–H and O–H groups in total. The highest BCUT2D eigenvalue weighted by Crippen LogP contribution is 2.36. The average Bonchev–Trinajstić information content (AvgIpc) is 3.06. The Bertz CT molecular complexity index is 854. The van der Waals surface area contributed by atoms with Crippen molar-refractivity contribution in [3.8, 4) is 6.07 Å². The quantitative estimate of drug-likeness (QED) is 0.453. The van der Waals surface area contributed by atoms with Gasteiger partial charge in [0.15, 0.2) is 0 Å². The minimum atomic E-state index is -0.773. The van der Waals surface area contributed by atoms with Crippen molar-refractivity contribution >= 4 is 40.9 Å². The number of rotatable bonds is 11. The van der Waals surface area contributed by atoms with Crippen LogP contribution in [-0.4, -0.2) is 52.9 Å². The molecule has 2 rings (SSSR count). The third-order valence-corrected chi connectivity index (χ3v) is 6.41. The number of amides is 3. The number of hydrogen-bond acceptors (Lipinski definition) is 6. The fraction of sp³-hybridized carbons (Fsp3) is 0.455. The Hall–Kier alpha value is -2.99. The fourth-order valence-corrected chi connectivity index (χ4v) is 4.94. The van der Waals surface area contributed by atoms with Gasteiger partial charge in [-0.3, -0.25) is 14.4 Å². The highest BCUT2D eigenvalue weighted by molar-refractivity contribution is 8.01. The van der Waals surface area contributed by atoms with Crippen LogP contribution in [0, 0.1) is 17.2 Å². The van der Waals surface area contributed by atoms with Crippen molar-refractivity contribution in [2.24, 2.45) is 5.92 Å². The van der Waals surface area contributed by atoms with E-state index >= 15 is 0 Å². The van der Waals surface area contributed by atoms with Gasteiger partial charge in [0, 0.05) is 37.4 Å². The molecule has 9 heteroatoms. The molecule has 3 amide bonds. The van der Waals surface area contributed by atoms with Crippen LogP contribution in [0.15, 0.2) is 36.9 Å². The zero-order valence-electron chi connectivity index (χ0n) is 17.9. The number of nitrogens with one attached hydrogen (secondary N) is 3. The van der Waals surface area contributed by atoms with E-state index in [0.29, 0.717) is 38.2 Å². The largest absolute Gasteiger partial charge is 0.385 e. The molecule has 0 aromatic heterocycles. The normalized spacial score (nSPS) is 18.7. The summed E-state index contributed by atoms with van der Waals surface area (Å²) in [5.74, 6) is -1.30. The summed E-state index contributed by atoms with van der Waals surface area (Å²) in [6, 6.07) is 9.38. The number of thioether (sulfide) groups is 1. The van der Waals surface area contributed by atoms with E-state index in [1.54, 1.807) is 11.0 Å². The van der Waals surface area contributed by atoms with Gasteiger partial charge in [-0.25, -0.2) is 0 Å². The van der Waals surface area contributed by atoms with Crippen molar-refractivity contribution in [2.45, 2.75) is 37.3 Å². The molecule has 1 fully saturated rings. The van der Waals surface area contributed by atoms with Gasteiger partial charge < -0.3 is 20.9 Å². The van der Waals surface area contributed by atoms with Gasteiger partial charge in [-0.1, -0.05) is 12.6 Å². The van der Waals surface area contributed by atoms with Gasteiger partial charge in [0.05, 0.1) is 16.7 Å². The molecule has 31 heavy (non-hydrogen) atoms. The van der Waals surface area contributed by atoms with E-state index in [0.717, 1.165) is 5.69 Å². The molecule has 0 spiro atoms. The van der Waals surface area contributed by atoms with Crippen LogP contribution in [0.25, 0.3) is 0 Å². The smallest absolute Gasteiger partial charge is 0.247 e. The van der Waals surface area contributed by atoms with E-state index < -0.39 is 5.92 Å². The van der Waals surface area contributed by atoms with Crippen molar-refractivity contribution in [3.05, 3.63) is 36.9 Å². The van der Waals surface area contributed by atoms with Gasteiger partial charge in [0.2, 0.25) is 17.7 Å². The predicted molar refractivity (Wildman–Crippen MR) is 123 cm³/mol. The van der Waals surface area contributed by atoms with Crippen molar-refractivity contribution in [1.82, 2.24) is 10.2 Å². The average molecular weight is 444 g/mol. The molecule has 166 valence electrons. The summed E-state index contributed by atoms with van der Waals surface area (Å²) < 4.78 is 0. The molecule has 0 radical (unpaired) electrons. The summed E-state index contributed by atoms with van der Waals surface area (Å²) in [6.45, 7) is 8.74. The van der Waals surface area contributed by atoms with Crippen LogP contribution in [0.2, 0.25) is 0 Å². The third kappa shape index (κ3) is 6.76. The second-order valence-electron chi connectivity index (χ2n) is 7.01. The molecular weight excluding hydrogens is 414 g/mol. The number of carbonyl (C=O) groups excluding carboxylic acids is 3. The minimum Gasteiger partial charge on any atom is -0.385 e. The molecule has 0 aliphatic carbocycles. The Morgan fingerprint density at radius 1 is 1.35 bits per heavy atom. The Balaban J connectivity index is 1.92. The van der Waals surface area contributed by atoms with Crippen LogP contribution >= 0.6 is 11.8 Å². The van der Waals surface area contributed by atoms with Crippen molar-refractivity contribution in [2.75, 3.05) is 30.3 Å². The molecule has 1 aliphatic rings. The summed E-state index contributed by atoms with van der Waals surface area (Å²) in [6.07, 6.45) is 2.14. The van der Waals surface area contributed by atoms with Crippen LogP contribution in [0.4, 0.5) is 11.4 Å². The second kappa shape index (κ2) is 12.0. The van der Waals surface area contributed by atoms with Gasteiger partial charge in [-0.2, -0.15) is 5.26 Å². The van der Waals surface area contributed by atoms with Gasteiger partial charge in [0.25, 0.3) is 0 Å². The lowest BCUT2D eigenvalue weighted by Crippen LogP contribution is -2.38. The monoisotopic (exact) mass is 443 g/mol. The van der Waals surface area contributed by atoms with E-state index in [9.17, 15) is 19.6 Å². The fourth-order valence-electron chi connectivity index (χ4n) is 3.35. The van der Waals surface area contributed by atoms with Gasteiger partial charge in [-0.15, -0.1) is 11.8 Å². The minimum absolute atomic E-state index is 0.0406. The summed E-state index contributed by atoms with van der Waals surface area (Å²) >= 11 is 1.52. The highest BCUT2D eigenvalue weighted by atomic mass is 32.2. The standard InChI is InChI=1S/C22H29N5O3S/c1-4-19(28)26-17-9-7-8-16(13-17)25-11-10-18-22(30)27(6-3)20(31-18)12-15(14-23)21(29)24-5-2/h4,7-9,13,15,18,20,25H,1,5-6,10-12H2,2-3H3,(H,24,29)(H,26,28). The van der Waals surface area contributed by atoms with Crippen LogP contribution in [0.5, 0.6) is 0 Å². The first-order valence-corrected chi connectivity index (χ1v) is 11.3. The van der Waals surface area contributed by atoms with E-state index in [-0.39, 0.29) is 28.3 Å². The summed E-state index contributed by atoms with van der Waals surface area (Å²) in [5, 5.41) is 17.6. The van der Waals surface area contributed by atoms with Crippen LogP contribution in [0.1, 0.15) is 26.7 Å². The molecule has 1 heterocycles. The predicted octanol–water partition coefficient (Wildman–Crippen LogP) is 2.57. The molecule has 1 aliphatic heterocycles. The van der Waals surface area contributed by atoms with Gasteiger partial charge in [-0.05, 0) is 44.5 Å². The van der Waals surface area contributed by atoms with E-state index in [2.05, 4.69) is 28.6 Å². The summed E-state index contributed by atoms with van der Waals surface area (Å²) in [4.78, 5) is 38.1. The SMILES string of the molecule is C=CC(=O)Nc1cccc(NCCC2SC(CC(C#N)C(=O)NCC)N(CC)C2=O)c1. The Morgan fingerprint density at radius 2 is 2.10 bits per heavy atom. The number of nitrogens with zero attached hydrogens (tertiary/aromatic N) is 2. The Labute approximate surface area is 187 Å². The van der Waals surface area contributed by atoms with Crippen molar-refractivity contribution < 1.29 is 14.4 Å². The van der Waals surface area contributed by atoms with Crippen molar-refractivity contribution in [3.63, 3.8) is 0 Å². The maximum Gasteiger partial charge on any atom is 0.247 e.